The lowest BCUT2D eigenvalue weighted by Crippen LogP contribution is -2.50. The number of nitro groups is 1. The molecule has 0 aromatic heterocycles. The first-order valence-electron chi connectivity index (χ1n) is 7.04. The van der Waals surface area contributed by atoms with Gasteiger partial charge in [-0.1, -0.05) is 19.1 Å². The molecule has 0 aliphatic rings. The fourth-order valence-corrected chi connectivity index (χ4v) is 1.67. The summed E-state index contributed by atoms with van der Waals surface area (Å²) in [6, 6.07) is 6.02. The topological polar surface area (TPSA) is 84.3 Å². The quantitative estimate of drug-likeness (QED) is 0.597. The minimum absolute atomic E-state index is 0.0542. The number of amides is 1. The number of non-ortho nitro benzene ring substituents is 1. The van der Waals surface area contributed by atoms with Crippen LogP contribution in [-0.4, -0.2) is 22.4 Å². The second kappa shape index (κ2) is 7.17. The molecular weight excluding hydrogens is 270 g/mol. The van der Waals surface area contributed by atoms with Crippen molar-refractivity contribution in [3.8, 4) is 0 Å². The molecule has 1 amide bonds. The molecule has 0 radical (unpaired) electrons. The maximum atomic E-state index is 12.0. The van der Waals surface area contributed by atoms with Gasteiger partial charge in [-0.2, -0.15) is 0 Å². The molecule has 0 aliphatic heterocycles. The first-order valence-corrected chi connectivity index (χ1v) is 7.04. The Morgan fingerprint density at radius 3 is 2.67 bits per heavy atom. The lowest BCUT2D eigenvalue weighted by Gasteiger charge is -2.26. The van der Waals surface area contributed by atoms with Gasteiger partial charge in [-0.3, -0.25) is 14.9 Å². The van der Waals surface area contributed by atoms with E-state index in [1.165, 1.54) is 12.1 Å². The summed E-state index contributed by atoms with van der Waals surface area (Å²) in [5.74, 6) is -0.0766. The summed E-state index contributed by atoms with van der Waals surface area (Å²) in [5.41, 5.74) is 0.593. The average molecular weight is 293 g/mol. The molecule has 0 bridgehead atoms. The average Bonchev–Trinajstić information content (AvgIpc) is 2.44. The van der Waals surface area contributed by atoms with Gasteiger partial charge in [-0.05, 0) is 32.8 Å². The Bertz CT molecular complexity index is 515. The minimum atomic E-state index is -0.427. The molecule has 1 aromatic rings. The number of benzene rings is 1. The standard InChI is InChI=1S/C15H23N3O3/c1-5-15(3,4)17-14(19)11(2)16-10-12-7-6-8-13(9-12)18(20)21/h6-9,11,16H,5,10H2,1-4H3,(H,17,19). The Morgan fingerprint density at radius 1 is 1.43 bits per heavy atom. The van der Waals surface area contributed by atoms with Gasteiger partial charge in [0.25, 0.3) is 5.69 Å². The number of nitro benzene ring substituents is 1. The number of hydrogen-bond donors (Lipinski definition) is 2. The van der Waals surface area contributed by atoms with E-state index < -0.39 is 4.92 Å². The van der Waals surface area contributed by atoms with Crippen LogP contribution in [0.1, 0.15) is 39.7 Å². The van der Waals surface area contributed by atoms with E-state index in [2.05, 4.69) is 10.6 Å². The molecule has 0 heterocycles. The lowest BCUT2D eigenvalue weighted by atomic mass is 10.0. The van der Waals surface area contributed by atoms with Crippen molar-refractivity contribution in [2.75, 3.05) is 0 Å². The molecule has 116 valence electrons. The van der Waals surface area contributed by atoms with Gasteiger partial charge in [-0.15, -0.1) is 0 Å². The number of nitrogens with zero attached hydrogens (tertiary/aromatic N) is 1. The van der Waals surface area contributed by atoms with Gasteiger partial charge >= 0.3 is 0 Å². The first-order chi connectivity index (χ1) is 9.75. The molecule has 6 nitrogen and oxygen atoms in total. The Hall–Kier alpha value is -1.95. The van der Waals surface area contributed by atoms with E-state index in [0.29, 0.717) is 6.54 Å². The Kier molecular flexibility index (Phi) is 5.84. The summed E-state index contributed by atoms with van der Waals surface area (Å²) in [6.07, 6.45) is 0.844. The molecule has 2 N–H and O–H groups in total. The molecule has 0 saturated heterocycles. The zero-order valence-corrected chi connectivity index (χ0v) is 13.0. The van der Waals surface area contributed by atoms with E-state index in [1.54, 1.807) is 19.1 Å². The van der Waals surface area contributed by atoms with Gasteiger partial charge in [0.15, 0.2) is 0 Å². The molecule has 1 aromatic carbocycles. The van der Waals surface area contributed by atoms with Gasteiger partial charge in [-0.25, -0.2) is 0 Å². The minimum Gasteiger partial charge on any atom is -0.350 e. The van der Waals surface area contributed by atoms with Crippen molar-refractivity contribution in [2.45, 2.75) is 52.2 Å². The third kappa shape index (κ3) is 5.51. The van der Waals surface area contributed by atoms with Crippen LogP contribution < -0.4 is 10.6 Å². The SMILES string of the molecule is CCC(C)(C)NC(=O)C(C)NCc1cccc([N+](=O)[O-])c1. The van der Waals surface area contributed by atoms with E-state index in [9.17, 15) is 14.9 Å². The van der Waals surface area contributed by atoms with Crippen LogP contribution in [-0.2, 0) is 11.3 Å². The van der Waals surface area contributed by atoms with Crippen LogP contribution in [0.25, 0.3) is 0 Å². The predicted molar refractivity (Wildman–Crippen MR) is 81.9 cm³/mol. The van der Waals surface area contributed by atoms with Crippen LogP contribution in [0.4, 0.5) is 5.69 Å². The highest BCUT2D eigenvalue weighted by molar-refractivity contribution is 5.81. The van der Waals surface area contributed by atoms with E-state index in [1.807, 2.05) is 20.8 Å². The van der Waals surface area contributed by atoms with E-state index in [0.717, 1.165) is 12.0 Å². The molecule has 0 spiro atoms. The second-order valence-corrected chi connectivity index (χ2v) is 5.76. The Balaban J connectivity index is 2.56. The fraction of sp³-hybridized carbons (Fsp3) is 0.533. The summed E-state index contributed by atoms with van der Waals surface area (Å²) in [6.45, 7) is 8.14. The van der Waals surface area contributed by atoms with E-state index >= 15 is 0 Å². The van der Waals surface area contributed by atoms with Crippen LogP contribution in [0.15, 0.2) is 24.3 Å². The van der Waals surface area contributed by atoms with Gasteiger partial charge in [0, 0.05) is 24.2 Å². The molecule has 1 unspecified atom stereocenters. The zero-order chi connectivity index (χ0) is 16.0. The third-order valence-corrected chi connectivity index (χ3v) is 3.47. The molecule has 0 fully saturated rings. The molecule has 6 heteroatoms. The van der Waals surface area contributed by atoms with E-state index in [-0.39, 0.29) is 23.2 Å². The Morgan fingerprint density at radius 2 is 2.10 bits per heavy atom. The molecule has 1 atom stereocenters. The highest BCUT2D eigenvalue weighted by atomic mass is 16.6. The van der Waals surface area contributed by atoms with Crippen molar-refractivity contribution in [1.82, 2.24) is 10.6 Å². The van der Waals surface area contributed by atoms with E-state index in [4.69, 9.17) is 0 Å². The third-order valence-electron chi connectivity index (χ3n) is 3.47. The summed E-state index contributed by atoms with van der Waals surface area (Å²) in [4.78, 5) is 22.3. The van der Waals surface area contributed by atoms with Crippen molar-refractivity contribution in [2.24, 2.45) is 0 Å². The van der Waals surface area contributed by atoms with Crippen LogP contribution in [0, 0.1) is 10.1 Å². The predicted octanol–water partition coefficient (Wildman–Crippen LogP) is 2.38. The van der Waals surface area contributed by atoms with Crippen molar-refractivity contribution in [3.63, 3.8) is 0 Å². The maximum absolute atomic E-state index is 12.0. The van der Waals surface area contributed by atoms with Crippen molar-refractivity contribution in [3.05, 3.63) is 39.9 Å². The number of carbonyl (C=O) groups excluding carboxylic acids is 1. The van der Waals surface area contributed by atoms with Gasteiger partial charge in [0.2, 0.25) is 5.91 Å². The molecule has 1 rings (SSSR count). The number of carbonyl (C=O) groups is 1. The summed E-state index contributed by atoms with van der Waals surface area (Å²) in [7, 11) is 0. The van der Waals surface area contributed by atoms with Crippen LogP contribution >= 0.6 is 0 Å². The smallest absolute Gasteiger partial charge is 0.269 e. The maximum Gasteiger partial charge on any atom is 0.269 e. The second-order valence-electron chi connectivity index (χ2n) is 5.76. The van der Waals surface area contributed by atoms with Crippen LogP contribution in [0.2, 0.25) is 0 Å². The van der Waals surface area contributed by atoms with Gasteiger partial charge in [0.05, 0.1) is 11.0 Å². The largest absolute Gasteiger partial charge is 0.350 e. The fourth-order valence-electron chi connectivity index (χ4n) is 1.67. The van der Waals surface area contributed by atoms with Crippen molar-refractivity contribution in [1.29, 1.82) is 0 Å². The van der Waals surface area contributed by atoms with Crippen molar-refractivity contribution >= 4 is 11.6 Å². The Labute approximate surface area is 125 Å². The monoisotopic (exact) mass is 293 g/mol. The van der Waals surface area contributed by atoms with Gasteiger partial charge in [0.1, 0.15) is 0 Å². The number of hydrogen-bond acceptors (Lipinski definition) is 4. The molecule has 21 heavy (non-hydrogen) atoms. The highest BCUT2D eigenvalue weighted by Crippen LogP contribution is 2.13. The number of rotatable bonds is 7. The normalized spacial score (nSPS) is 12.8. The number of nitrogens with one attached hydrogen (secondary N) is 2. The van der Waals surface area contributed by atoms with Gasteiger partial charge < -0.3 is 10.6 Å². The summed E-state index contributed by atoms with van der Waals surface area (Å²) in [5, 5.41) is 16.7. The molecule has 0 saturated carbocycles. The molecular formula is C15H23N3O3. The zero-order valence-electron chi connectivity index (χ0n) is 13.0. The summed E-state index contributed by atoms with van der Waals surface area (Å²) < 4.78 is 0. The summed E-state index contributed by atoms with van der Waals surface area (Å²) >= 11 is 0. The lowest BCUT2D eigenvalue weighted by molar-refractivity contribution is -0.384. The molecule has 0 aliphatic carbocycles. The highest BCUT2D eigenvalue weighted by Gasteiger charge is 2.21. The van der Waals surface area contributed by atoms with Crippen LogP contribution in [0.3, 0.4) is 0 Å². The van der Waals surface area contributed by atoms with Crippen LogP contribution in [0.5, 0.6) is 0 Å². The first kappa shape index (κ1) is 17.1. The van der Waals surface area contributed by atoms with Crippen molar-refractivity contribution < 1.29 is 9.72 Å².